The Hall–Kier alpha value is -2.30. The molecule has 2 atom stereocenters. The van der Waals surface area contributed by atoms with E-state index < -0.39 is 0 Å². The van der Waals surface area contributed by atoms with Crippen molar-refractivity contribution in [1.82, 2.24) is 9.88 Å². The topological polar surface area (TPSA) is 57.7 Å². The third-order valence-electron chi connectivity index (χ3n) is 5.98. The van der Waals surface area contributed by atoms with Crippen LogP contribution in [0.15, 0.2) is 35.6 Å². The summed E-state index contributed by atoms with van der Waals surface area (Å²) in [6.07, 6.45) is 8.88. The van der Waals surface area contributed by atoms with Gasteiger partial charge in [-0.05, 0) is 30.9 Å². The van der Waals surface area contributed by atoms with Crippen LogP contribution in [0.5, 0.6) is 0 Å². The van der Waals surface area contributed by atoms with Gasteiger partial charge in [-0.3, -0.25) is 4.79 Å². The third kappa shape index (κ3) is 3.22. The molecule has 4 rings (SSSR count). The van der Waals surface area contributed by atoms with E-state index >= 15 is 0 Å². The Balaban J connectivity index is 1.45. The number of aromatic amines is 1. The fourth-order valence-corrected chi connectivity index (χ4v) is 4.72. The summed E-state index contributed by atoms with van der Waals surface area (Å²) in [5.41, 5.74) is 3.52. The molecule has 2 heterocycles. The molecule has 1 aromatic carbocycles. The molecule has 0 radical (unpaired) electrons. The largest absolute Gasteiger partial charge is 0.399 e. The summed E-state index contributed by atoms with van der Waals surface area (Å²) < 4.78 is 0. The summed E-state index contributed by atoms with van der Waals surface area (Å²) in [7, 11) is 1.61. The molecule has 138 valence electrons. The number of likely N-dealkylation sites (tertiary alicyclic amines) is 1. The smallest absolute Gasteiger partial charge is 0.223 e. The van der Waals surface area contributed by atoms with Crippen molar-refractivity contribution >= 4 is 22.5 Å². The number of oxime groups is 1. The normalized spacial score (nSPS) is 24.7. The van der Waals surface area contributed by atoms with Gasteiger partial charge in [-0.15, -0.1) is 0 Å². The molecule has 1 aromatic heterocycles. The SMILES string of the molecule is CO/N=C1\CCN(C(=O)CCc2c[nH]c3ccccc23)C2CCCCC12. The summed E-state index contributed by atoms with van der Waals surface area (Å²) >= 11 is 0. The Kier molecular flexibility index (Phi) is 4.96. The molecule has 2 unspecified atom stereocenters. The highest BCUT2D eigenvalue weighted by atomic mass is 16.6. The van der Waals surface area contributed by atoms with Gasteiger partial charge >= 0.3 is 0 Å². The molecule has 2 fully saturated rings. The molecule has 5 nitrogen and oxygen atoms in total. The number of piperidine rings is 1. The van der Waals surface area contributed by atoms with E-state index in [9.17, 15) is 4.79 Å². The second kappa shape index (κ2) is 7.52. The Labute approximate surface area is 154 Å². The summed E-state index contributed by atoms with van der Waals surface area (Å²) in [6, 6.07) is 8.59. The maximum absolute atomic E-state index is 13.0. The molecule has 2 aliphatic rings. The van der Waals surface area contributed by atoms with Crippen molar-refractivity contribution in [1.29, 1.82) is 0 Å². The van der Waals surface area contributed by atoms with Gasteiger partial charge in [0.25, 0.3) is 0 Å². The molecule has 1 saturated carbocycles. The highest BCUT2D eigenvalue weighted by molar-refractivity contribution is 5.90. The first-order valence-corrected chi connectivity index (χ1v) is 9.72. The van der Waals surface area contributed by atoms with Crippen LogP contribution >= 0.6 is 0 Å². The lowest BCUT2D eigenvalue weighted by atomic mass is 9.77. The van der Waals surface area contributed by atoms with Crippen LogP contribution in [0.25, 0.3) is 10.9 Å². The van der Waals surface area contributed by atoms with Crippen molar-refractivity contribution in [2.24, 2.45) is 11.1 Å². The number of hydrogen-bond acceptors (Lipinski definition) is 3. The number of amides is 1. The Morgan fingerprint density at radius 3 is 3.04 bits per heavy atom. The number of H-pyrrole nitrogens is 1. The van der Waals surface area contributed by atoms with Crippen molar-refractivity contribution in [3.05, 3.63) is 36.0 Å². The van der Waals surface area contributed by atoms with Gasteiger partial charge < -0.3 is 14.7 Å². The Morgan fingerprint density at radius 1 is 1.31 bits per heavy atom. The van der Waals surface area contributed by atoms with E-state index in [-0.39, 0.29) is 5.91 Å². The zero-order valence-electron chi connectivity index (χ0n) is 15.4. The number of carbonyl (C=O) groups excluding carboxylic acids is 1. The number of nitrogens with zero attached hydrogens (tertiary/aromatic N) is 2. The molecule has 1 aliphatic heterocycles. The van der Waals surface area contributed by atoms with Gasteiger partial charge in [-0.25, -0.2) is 0 Å². The molecule has 2 aromatic rings. The highest BCUT2D eigenvalue weighted by Gasteiger charge is 2.39. The number of benzene rings is 1. The van der Waals surface area contributed by atoms with Gasteiger partial charge in [0.15, 0.2) is 0 Å². The van der Waals surface area contributed by atoms with E-state index in [2.05, 4.69) is 33.2 Å². The van der Waals surface area contributed by atoms with Gasteiger partial charge in [-0.1, -0.05) is 36.2 Å². The van der Waals surface area contributed by atoms with Crippen LogP contribution < -0.4 is 0 Å². The van der Waals surface area contributed by atoms with E-state index in [1.54, 1.807) is 7.11 Å². The van der Waals surface area contributed by atoms with Gasteiger partial charge in [0.05, 0.1) is 5.71 Å². The van der Waals surface area contributed by atoms with Crippen molar-refractivity contribution < 1.29 is 9.63 Å². The van der Waals surface area contributed by atoms with E-state index in [1.807, 2.05) is 12.3 Å². The Morgan fingerprint density at radius 2 is 2.15 bits per heavy atom. The molecule has 1 saturated heterocycles. The summed E-state index contributed by atoms with van der Waals surface area (Å²) in [6.45, 7) is 0.774. The second-order valence-corrected chi connectivity index (χ2v) is 7.42. The predicted octanol–water partition coefficient (Wildman–Crippen LogP) is 3.89. The van der Waals surface area contributed by atoms with Gasteiger partial charge in [0, 0.05) is 48.4 Å². The maximum atomic E-state index is 13.0. The van der Waals surface area contributed by atoms with Crippen LogP contribution in [0.2, 0.25) is 0 Å². The first-order chi connectivity index (χ1) is 12.8. The first kappa shape index (κ1) is 17.1. The van der Waals surface area contributed by atoms with E-state index in [0.29, 0.717) is 18.4 Å². The highest BCUT2D eigenvalue weighted by Crippen LogP contribution is 2.34. The lowest BCUT2D eigenvalue weighted by Gasteiger charge is -2.44. The summed E-state index contributed by atoms with van der Waals surface area (Å²) in [5, 5.41) is 5.48. The predicted molar refractivity (Wildman–Crippen MR) is 103 cm³/mol. The molecule has 5 heteroatoms. The number of fused-ring (bicyclic) bond motifs is 2. The van der Waals surface area contributed by atoms with Crippen molar-refractivity contribution in [2.75, 3.05) is 13.7 Å². The molecule has 1 aliphatic carbocycles. The molecule has 0 spiro atoms. The summed E-state index contributed by atoms with van der Waals surface area (Å²) in [4.78, 5) is 23.5. The zero-order valence-corrected chi connectivity index (χ0v) is 15.4. The lowest BCUT2D eigenvalue weighted by Crippen LogP contribution is -2.53. The van der Waals surface area contributed by atoms with Crippen LogP contribution in [0.4, 0.5) is 0 Å². The van der Waals surface area contributed by atoms with Gasteiger partial charge in [0.2, 0.25) is 5.91 Å². The number of aryl methyl sites for hydroxylation is 1. The zero-order chi connectivity index (χ0) is 17.9. The van der Waals surface area contributed by atoms with Crippen molar-refractivity contribution in [3.8, 4) is 0 Å². The standard InChI is InChI=1S/C21H27N3O2/c1-26-23-19-12-13-24(20-9-5-3-7-17(19)20)21(25)11-10-15-14-22-18-8-4-2-6-16(15)18/h2,4,6,8,14,17,20,22H,3,5,7,9-13H2,1H3/b23-19+. The lowest BCUT2D eigenvalue weighted by molar-refractivity contribution is -0.135. The van der Waals surface area contributed by atoms with E-state index in [1.165, 1.54) is 23.8 Å². The van der Waals surface area contributed by atoms with Gasteiger partial charge in [0.1, 0.15) is 7.11 Å². The number of aromatic nitrogens is 1. The van der Waals surface area contributed by atoms with Crippen LogP contribution in [0.1, 0.15) is 44.1 Å². The maximum Gasteiger partial charge on any atom is 0.223 e. The summed E-state index contributed by atoms with van der Waals surface area (Å²) in [5.74, 6) is 0.665. The minimum atomic E-state index is 0.281. The monoisotopic (exact) mass is 353 g/mol. The fraction of sp³-hybridized carbons (Fsp3) is 0.524. The molecule has 1 N–H and O–H groups in total. The van der Waals surface area contributed by atoms with Crippen LogP contribution in [-0.4, -0.2) is 41.2 Å². The number of para-hydroxylation sites is 1. The van der Waals surface area contributed by atoms with Crippen LogP contribution in [-0.2, 0) is 16.1 Å². The number of rotatable bonds is 4. The third-order valence-corrected chi connectivity index (χ3v) is 5.98. The average Bonchev–Trinajstić information content (AvgIpc) is 3.10. The van der Waals surface area contributed by atoms with Crippen molar-refractivity contribution in [3.63, 3.8) is 0 Å². The number of carbonyl (C=O) groups is 1. The second-order valence-electron chi connectivity index (χ2n) is 7.42. The molecule has 1 amide bonds. The molecule has 26 heavy (non-hydrogen) atoms. The van der Waals surface area contributed by atoms with Crippen LogP contribution in [0.3, 0.4) is 0 Å². The molecular formula is C21H27N3O2. The minimum absolute atomic E-state index is 0.281. The van der Waals surface area contributed by atoms with Crippen LogP contribution in [0, 0.1) is 5.92 Å². The quantitative estimate of drug-likeness (QED) is 0.848. The van der Waals surface area contributed by atoms with E-state index in [0.717, 1.165) is 43.5 Å². The van der Waals surface area contributed by atoms with Gasteiger partial charge in [-0.2, -0.15) is 0 Å². The Bertz CT molecular complexity index is 810. The average molecular weight is 353 g/mol. The molecule has 0 bridgehead atoms. The first-order valence-electron chi connectivity index (χ1n) is 9.72. The van der Waals surface area contributed by atoms with E-state index in [4.69, 9.17) is 4.84 Å². The fourth-order valence-electron chi connectivity index (χ4n) is 4.72. The minimum Gasteiger partial charge on any atom is -0.399 e. The number of nitrogens with one attached hydrogen (secondary N) is 1. The number of hydrogen-bond donors (Lipinski definition) is 1. The van der Waals surface area contributed by atoms with Crippen molar-refractivity contribution in [2.45, 2.75) is 51.0 Å². The molecular weight excluding hydrogens is 326 g/mol.